The summed E-state index contributed by atoms with van der Waals surface area (Å²) in [6.07, 6.45) is 6.86. The molecule has 2 heterocycles. The number of aryl methyl sites for hydroxylation is 2. The van der Waals surface area contributed by atoms with Crippen LogP contribution in [0.2, 0.25) is 5.02 Å². The molecule has 0 radical (unpaired) electrons. The molecule has 1 fully saturated rings. The van der Waals surface area contributed by atoms with Crippen molar-refractivity contribution in [1.82, 2.24) is 15.3 Å². The second kappa shape index (κ2) is 7.70. The Bertz CT molecular complexity index is 721. The van der Waals surface area contributed by atoms with Crippen LogP contribution in [0.4, 0.5) is 16.3 Å². The molecule has 25 heavy (non-hydrogen) atoms. The number of nitrogens with one attached hydrogen (secondary N) is 2. The molecular weight excluding hydrogens is 338 g/mol. The van der Waals surface area contributed by atoms with Gasteiger partial charge in [0, 0.05) is 31.5 Å². The number of amides is 2. The Balaban J connectivity index is 1.53. The molecule has 1 aromatic heterocycles. The molecule has 0 bridgehead atoms. The van der Waals surface area contributed by atoms with Crippen LogP contribution in [-0.2, 0) is 0 Å². The lowest BCUT2D eigenvalue weighted by atomic mass is 10.1. The van der Waals surface area contributed by atoms with Crippen LogP contribution in [0.1, 0.15) is 24.0 Å². The van der Waals surface area contributed by atoms with E-state index in [1.807, 2.05) is 26.0 Å². The van der Waals surface area contributed by atoms with Crippen LogP contribution in [0, 0.1) is 13.8 Å². The summed E-state index contributed by atoms with van der Waals surface area (Å²) in [5.74, 6) is 0.882. The fourth-order valence-corrected chi connectivity index (χ4v) is 3.48. The number of anilines is 2. The highest BCUT2D eigenvalue weighted by Gasteiger charge is 2.22. The number of halogens is 1. The highest BCUT2D eigenvalue weighted by Crippen LogP contribution is 2.27. The van der Waals surface area contributed by atoms with Crippen LogP contribution in [0.15, 0.2) is 30.7 Å². The van der Waals surface area contributed by atoms with Gasteiger partial charge in [-0.2, -0.15) is 0 Å². The molecule has 0 atom stereocenters. The molecule has 1 saturated heterocycles. The monoisotopic (exact) mass is 359 g/mol. The molecule has 1 aromatic carbocycles. The molecule has 0 saturated carbocycles. The van der Waals surface area contributed by atoms with E-state index < -0.39 is 0 Å². The predicted octanol–water partition coefficient (Wildman–Crippen LogP) is 3.54. The van der Waals surface area contributed by atoms with Gasteiger partial charge >= 0.3 is 6.03 Å². The maximum absolute atomic E-state index is 12.3. The van der Waals surface area contributed by atoms with E-state index in [4.69, 9.17) is 11.6 Å². The van der Waals surface area contributed by atoms with E-state index >= 15 is 0 Å². The number of hydrogen-bond acceptors (Lipinski definition) is 4. The molecule has 1 aliphatic rings. The third-order valence-electron chi connectivity index (χ3n) is 4.37. The van der Waals surface area contributed by atoms with E-state index in [0.29, 0.717) is 10.7 Å². The van der Waals surface area contributed by atoms with Crippen molar-refractivity contribution in [3.8, 4) is 0 Å². The van der Waals surface area contributed by atoms with Crippen LogP contribution in [0.3, 0.4) is 0 Å². The van der Waals surface area contributed by atoms with Gasteiger partial charge in [0.1, 0.15) is 5.82 Å². The Morgan fingerprint density at radius 1 is 1.24 bits per heavy atom. The van der Waals surface area contributed by atoms with E-state index in [-0.39, 0.29) is 12.1 Å². The molecule has 6 nitrogen and oxygen atoms in total. The van der Waals surface area contributed by atoms with Gasteiger partial charge in [0.05, 0.1) is 16.9 Å². The summed E-state index contributed by atoms with van der Waals surface area (Å²) in [6, 6.07) is 3.77. The van der Waals surface area contributed by atoms with E-state index in [1.165, 1.54) is 0 Å². The van der Waals surface area contributed by atoms with E-state index in [9.17, 15) is 4.79 Å². The largest absolute Gasteiger partial charge is 0.355 e. The average Bonchev–Trinajstić information content (AvgIpc) is 2.59. The normalized spacial score (nSPS) is 15.1. The standard InChI is InChI=1S/C18H22ClN5O/c1-12-9-13(2)17(15(19)10-12)23-18(25)22-14-3-7-24(8-4-14)16-11-20-5-6-21-16/h5-6,9-11,14H,3-4,7-8H2,1-2H3,(H2,22,23,25). The third kappa shape index (κ3) is 4.39. The molecule has 2 amide bonds. The number of piperidine rings is 1. The average molecular weight is 360 g/mol. The third-order valence-corrected chi connectivity index (χ3v) is 4.67. The lowest BCUT2D eigenvalue weighted by Crippen LogP contribution is -2.46. The number of carbonyl (C=O) groups is 1. The number of carbonyl (C=O) groups excluding carboxylic acids is 1. The molecule has 7 heteroatoms. The first-order valence-corrected chi connectivity index (χ1v) is 8.76. The Morgan fingerprint density at radius 2 is 2.00 bits per heavy atom. The highest BCUT2D eigenvalue weighted by molar-refractivity contribution is 6.34. The minimum Gasteiger partial charge on any atom is -0.355 e. The van der Waals surface area contributed by atoms with Crippen molar-refractivity contribution in [2.75, 3.05) is 23.3 Å². The number of urea groups is 1. The Kier molecular flexibility index (Phi) is 5.38. The van der Waals surface area contributed by atoms with Gasteiger partial charge in [-0.3, -0.25) is 4.98 Å². The fourth-order valence-electron chi connectivity index (χ4n) is 3.12. The number of rotatable bonds is 3. The first-order valence-electron chi connectivity index (χ1n) is 8.38. The molecule has 3 rings (SSSR count). The van der Waals surface area contributed by atoms with E-state index in [2.05, 4.69) is 25.5 Å². The van der Waals surface area contributed by atoms with Crippen molar-refractivity contribution in [3.05, 3.63) is 46.9 Å². The summed E-state index contributed by atoms with van der Waals surface area (Å²) in [7, 11) is 0. The van der Waals surface area contributed by atoms with Crippen molar-refractivity contribution >= 4 is 29.1 Å². The maximum Gasteiger partial charge on any atom is 0.319 e. The summed E-state index contributed by atoms with van der Waals surface area (Å²) in [5.41, 5.74) is 2.70. The van der Waals surface area contributed by atoms with Gasteiger partial charge in [0.25, 0.3) is 0 Å². The lowest BCUT2D eigenvalue weighted by molar-refractivity contribution is 0.246. The first kappa shape index (κ1) is 17.5. The van der Waals surface area contributed by atoms with E-state index in [0.717, 1.165) is 42.9 Å². The quantitative estimate of drug-likeness (QED) is 0.879. The molecule has 2 N–H and O–H groups in total. The van der Waals surface area contributed by atoms with Crippen LogP contribution < -0.4 is 15.5 Å². The molecule has 0 unspecified atom stereocenters. The first-order chi connectivity index (χ1) is 12.0. The van der Waals surface area contributed by atoms with Gasteiger partial charge in [-0.15, -0.1) is 0 Å². The topological polar surface area (TPSA) is 70.2 Å². The SMILES string of the molecule is Cc1cc(C)c(NC(=O)NC2CCN(c3cnccn3)CC2)c(Cl)c1. The van der Waals surface area contributed by atoms with Crippen molar-refractivity contribution in [2.45, 2.75) is 32.7 Å². The zero-order chi connectivity index (χ0) is 17.8. The van der Waals surface area contributed by atoms with Gasteiger partial charge < -0.3 is 15.5 Å². The van der Waals surface area contributed by atoms with Crippen molar-refractivity contribution in [2.24, 2.45) is 0 Å². The second-order valence-electron chi connectivity index (χ2n) is 6.36. The predicted molar refractivity (Wildman–Crippen MR) is 100 cm³/mol. The Hall–Kier alpha value is -2.34. The van der Waals surface area contributed by atoms with Gasteiger partial charge in [0.2, 0.25) is 0 Å². The summed E-state index contributed by atoms with van der Waals surface area (Å²) in [4.78, 5) is 22.9. The maximum atomic E-state index is 12.3. The molecule has 1 aliphatic heterocycles. The zero-order valence-electron chi connectivity index (χ0n) is 14.4. The van der Waals surface area contributed by atoms with Gasteiger partial charge in [0.15, 0.2) is 0 Å². The number of benzene rings is 1. The van der Waals surface area contributed by atoms with Gasteiger partial charge in [-0.25, -0.2) is 9.78 Å². The molecule has 0 aliphatic carbocycles. The van der Waals surface area contributed by atoms with Crippen molar-refractivity contribution < 1.29 is 4.79 Å². The highest BCUT2D eigenvalue weighted by atomic mass is 35.5. The molecule has 132 valence electrons. The smallest absolute Gasteiger partial charge is 0.319 e. The number of aromatic nitrogens is 2. The number of nitrogens with zero attached hydrogens (tertiary/aromatic N) is 3. The summed E-state index contributed by atoms with van der Waals surface area (Å²) in [6.45, 7) is 5.60. The van der Waals surface area contributed by atoms with Crippen LogP contribution in [0.25, 0.3) is 0 Å². The molecule has 0 spiro atoms. The second-order valence-corrected chi connectivity index (χ2v) is 6.77. The van der Waals surface area contributed by atoms with Crippen LogP contribution in [0.5, 0.6) is 0 Å². The van der Waals surface area contributed by atoms with Crippen LogP contribution in [-0.4, -0.2) is 35.1 Å². The van der Waals surface area contributed by atoms with E-state index in [1.54, 1.807) is 18.6 Å². The van der Waals surface area contributed by atoms with Gasteiger partial charge in [-0.1, -0.05) is 17.7 Å². The zero-order valence-corrected chi connectivity index (χ0v) is 15.2. The Labute approximate surface area is 152 Å². The molecular formula is C18H22ClN5O. The van der Waals surface area contributed by atoms with Crippen LogP contribution >= 0.6 is 11.6 Å². The minimum absolute atomic E-state index is 0.137. The summed E-state index contributed by atoms with van der Waals surface area (Å²) >= 11 is 6.25. The molecule has 2 aromatic rings. The van der Waals surface area contributed by atoms with Crippen molar-refractivity contribution in [1.29, 1.82) is 0 Å². The van der Waals surface area contributed by atoms with Gasteiger partial charge in [-0.05, 0) is 43.9 Å². The fraction of sp³-hybridized carbons (Fsp3) is 0.389. The lowest BCUT2D eigenvalue weighted by Gasteiger charge is -2.32. The minimum atomic E-state index is -0.216. The summed E-state index contributed by atoms with van der Waals surface area (Å²) in [5, 5.41) is 6.48. The van der Waals surface area contributed by atoms with Crippen molar-refractivity contribution in [3.63, 3.8) is 0 Å². The Morgan fingerprint density at radius 3 is 2.64 bits per heavy atom. The number of hydrogen-bond donors (Lipinski definition) is 2. The summed E-state index contributed by atoms with van der Waals surface area (Å²) < 4.78 is 0.